The number of carbonyl (C=O) groups excluding carboxylic acids is 1. The van der Waals surface area contributed by atoms with Crippen LogP contribution in [0.25, 0.3) is 0 Å². The summed E-state index contributed by atoms with van der Waals surface area (Å²) in [6, 6.07) is 3.29. The van der Waals surface area contributed by atoms with Crippen LogP contribution in [0.15, 0.2) is 24.5 Å². The van der Waals surface area contributed by atoms with Crippen LogP contribution in [0.1, 0.15) is 18.0 Å². The van der Waals surface area contributed by atoms with Gasteiger partial charge in [-0.1, -0.05) is 6.07 Å². The Labute approximate surface area is 88.9 Å². The Morgan fingerprint density at radius 2 is 2.43 bits per heavy atom. The molecule has 0 saturated heterocycles. The zero-order valence-electron chi connectivity index (χ0n) is 7.84. The Morgan fingerprint density at radius 1 is 1.71 bits per heavy atom. The molecule has 1 atom stereocenters. The van der Waals surface area contributed by atoms with E-state index >= 15 is 0 Å². The van der Waals surface area contributed by atoms with Crippen molar-refractivity contribution >= 4 is 18.4 Å². The van der Waals surface area contributed by atoms with E-state index in [-0.39, 0.29) is 30.8 Å². The lowest BCUT2D eigenvalue weighted by molar-refractivity contribution is -0.141. The van der Waals surface area contributed by atoms with Gasteiger partial charge in [0.25, 0.3) is 0 Å². The van der Waals surface area contributed by atoms with Crippen molar-refractivity contribution in [3.8, 4) is 0 Å². The number of halogens is 1. The van der Waals surface area contributed by atoms with Crippen LogP contribution in [0.2, 0.25) is 0 Å². The number of hydrogen-bond donors (Lipinski definition) is 1. The molecule has 0 saturated carbocycles. The van der Waals surface area contributed by atoms with E-state index in [1.165, 1.54) is 7.11 Å². The van der Waals surface area contributed by atoms with Crippen molar-refractivity contribution in [3.05, 3.63) is 30.1 Å². The highest BCUT2D eigenvalue weighted by atomic mass is 35.5. The molecular weight excluding hydrogens is 204 g/mol. The van der Waals surface area contributed by atoms with Gasteiger partial charge in [-0.15, -0.1) is 12.4 Å². The fourth-order valence-corrected chi connectivity index (χ4v) is 0.976. The van der Waals surface area contributed by atoms with Gasteiger partial charge < -0.3 is 10.5 Å². The van der Waals surface area contributed by atoms with E-state index in [1.807, 2.05) is 6.07 Å². The maximum atomic E-state index is 10.9. The molecule has 0 bridgehead atoms. The molecule has 1 heterocycles. The Kier molecular flexibility index (Phi) is 5.83. The summed E-state index contributed by atoms with van der Waals surface area (Å²) in [4.78, 5) is 14.8. The molecule has 0 fully saturated rings. The number of esters is 1. The normalized spacial score (nSPS) is 11.3. The summed E-state index contributed by atoms with van der Waals surface area (Å²) in [5.41, 5.74) is 6.57. The van der Waals surface area contributed by atoms with E-state index in [1.54, 1.807) is 18.5 Å². The number of methoxy groups -OCH3 is 1. The van der Waals surface area contributed by atoms with E-state index in [2.05, 4.69) is 9.72 Å². The van der Waals surface area contributed by atoms with Crippen molar-refractivity contribution in [2.24, 2.45) is 5.73 Å². The molecule has 0 aliphatic heterocycles. The highest BCUT2D eigenvalue weighted by Gasteiger charge is 2.11. The van der Waals surface area contributed by atoms with Crippen LogP contribution in [0.4, 0.5) is 0 Å². The molecule has 0 amide bonds. The van der Waals surface area contributed by atoms with Crippen molar-refractivity contribution in [2.75, 3.05) is 7.11 Å². The monoisotopic (exact) mass is 216 g/mol. The largest absolute Gasteiger partial charge is 0.469 e. The zero-order valence-corrected chi connectivity index (χ0v) is 8.66. The molecule has 0 unspecified atom stereocenters. The molecule has 78 valence electrons. The molecule has 4 nitrogen and oxygen atoms in total. The summed E-state index contributed by atoms with van der Waals surface area (Å²) in [5, 5.41) is 0. The Balaban J connectivity index is 0.00000169. The zero-order chi connectivity index (χ0) is 9.68. The van der Waals surface area contributed by atoms with Crippen LogP contribution in [0.3, 0.4) is 0 Å². The molecule has 0 spiro atoms. The molecule has 0 radical (unpaired) electrons. The summed E-state index contributed by atoms with van der Waals surface area (Å²) < 4.78 is 4.50. The first kappa shape index (κ1) is 12.9. The van der Waals surface area contributed by atoms with Gasteiger partial charge in [0.15, 0.2) is 0 Å². The molecular formula is C9H13ClN2O2. The highest BCUT2D eigenvalue weighted by molar-refractivity contribution is 5.85. The number of hydrogen-bond acceptors (Lipinski definition) is 4. The maximum absolute atomic E-state index is 10.9. The van der Waals surface area contributed by atoms with Crippen LogP contribution in [0, 0.1) is 0 Å². The van der Waals surface area contributed by atoms with Crippen LogP contribution in [-0.2, 0) is 9.53 Å². The first-order valence-corrected chi connectivity index (χ1v) is 3.96. The summed E-state index contributed by atoms with van der Waals surface area (Å²) >= 11 is 0. The maximum Gasteiger partial charge on any atom is 0.307 e. The van der Waals surface area contributed by atoms with Gasteiger partial charge in [0.05, 0.1) is 13.5 Å². The molecule has 14 heavy (non-hydrogen) atoms. The van der Waals surface area contributed by atoms with Gasteiger partial charge in [-0.2, -0.15) is 0 Å². The average molecular weight is 217 g/mol. The Morgan fingerprint density at radius 3 is 2.93 bits per heavy atom. The van der Waals surface area contributed by atoms with Crippen LogP contribution < -0.4 is 5.73 Å². The number of pyridine rings is 1. The minimum atomic E-state index is -0.332. The second kappa shape index (κ2) is 6.34. The predicted octanol–water partition coefficient (Wildman–Crippen LogP) is 1.07. The van der Waals surface area contributed by atoms with Gasteiger partial charge in [-0.25, -0.2) is 0 Å². The minimum Gasteiger partial charge on any atom is -0.469 e. The summed E-state index contributed by atoms with van der Waals surface area (Å²) in [6.45, 7) is 0. The van der Waals surface area contributed by atoms with E-state index < -0.39 is 0 Å². The molecule has 2 N–H and O–H groups in total. The second-order valence-electron chi connectivity index (χ2n) is 2.67. The highest BCUT2D eigenvalue weighted by Crippen LogP contribution is 2.12. The summed E-state index contributed by atoms with van der Waals surface area (Å²) in [5.74, 6) is -0.309. The van der Waals surface area contributed by atoms with Gasteiger partial charge in [-0.3, -0.25) is 9.78 Å². The Hall–Kier alpha value is -1.13. The number of rotatable bonds is 3. The predicted molar refractivity (Wildman–Crippen MR) is 55.0 cm³/mol. The fourth-order valence-electron chi connectivity index (χ4n) is 0.976. The number of nitrogens with zero attached hydrogens (tertiary/aromatic N) is 1. The molecule has 5 heteroatoms. The quantitative estimate of drug-likeness (QED) is 0.768. The van der Waals surface area contributed by atoms with Gasteiger partial charge >= 0.3 is 5.97 Å². The van der Waals surface area contributed by atoms with E-state index in [9.17, 15) is 4.79 Å². The smallest absolute Gasteiger partial charge is 0.307 e. The molecule has 1 aromatic heterocycles. The summed E-state index contributed by atoms with van der Waals surface area (Å²) in [6.07, 6.45) is 3.49. The molecule has 1 aromatic rings. The van der Waals surface area contributed by atoms with Gasteiger partial charge in [0.1, 0.15) is 0 Å². The van der Waals surface area contributed by atoms with Crippen LogP contribution in [0.5, 0.6) is 0 Å². The van der Waals surface area contributed by atoms with Crippen molar-refractivity contribution in [2.45, 2.75) is 12.5 Å². The van der Waals surface area contributed by atoms with E-state index in [0.29, 0.717) is 0 Å². The lowest BCUT2D eigenvalue weighted by atomic mass is 10.1. The first-order chi connectivity index (χ1) is 6.24. The standard InChI is InChI=1S/C9H12N2O2.ClH/c1-13-9(12)5-8(10)7-3-2-4-11-6-7;/h2-4,6,8H,5,10H2,1H3;1H/t8-;/m0./s1. The number of nitrogens with two attached hydrogens (primary N) is 1. The number of aromatic nitrogens is 1. The third-order valence-corrected chi connectivity index (χ3v) is 1.73. The van der Waals surface area contributed by atoms with Crippen molar-refractivity contribution < 1.29 is 9.53 Å². The lowest BCUT2D eigenvalue weighted by Crippen LogP contribution is -2.16. The molecule has 0 aliphatic carbocycles. The number of carbonyl (C=O) groups is 1. The van der Waals surface area contributed by atoms with E-state index in [0.717, 1.165) is 5.56 Å². The van der Waals surface area contributed by atoms with Gasteiger partial charge in [-0.05, 0) is 11.6 Å². The lowest BCUT2D eigenvalue weighted by Gasteiger charge is -2.08. The van der Waals surface area contributed by atoms with Crippen molar-refractivity contribution in [3.63, 3.8) is 0 Å². The Bertz CT molecular complexity index is 279. The summed E-state index contributed by atoms with van der Waals surface area (Å²) in [7, 11) is 1.35. The van der Waals surface area contributed by atoms with Crippen LogP contribution in [-0.4, -0.2) is 18.1 Å². The third-order valence-electron chi connectivity index (χ3n) is 1.73. The van der Waals surface area contributed by atoms with E-state index in [4.69, 9.17) is 5.73 Å². The molecule has 0 aliphatic rings. The van der Waals surface area contributed by atoms with Gasteiger partial charge in [0, 0.05) is 18.4 Å². The molecule has 0 aromatic carbocycles. The average Bonchev–Trinajstić information content (AvgIpc) is 2.19. The fraction of sp³-hybridized carbons (Fsp3) is 0.333. The van der Waals surface area contributed by atoms with Crippen molar-refractivity contribution in [1.29, 1.82) is 0 Å². The SMILES string of the molecule is COC(=O)C[C@H](N)c1cccnc1.Cl. The second-order valence-corrected chi connectivity index (χ2v) is 2.67. The third kappa shape index (κ3) is 3.72. The van der Waals surface area contributed by atoms with Crippen molar-refractivity contribution in [1.82, 2.24) is 4.98 Å². The minimum absolute atomic E-state index is 0. The van der Waals surface area contributed by atoms with Crippen LogP contribution >= 0.6 is 12.4 Å². The number of ether oxygens (including phenoxy) is 1. The topological polar surface area (TPSA) is 65.2 Å². The first-order valence-electron chi connectivity index (χ1n) is 3.96. The molecule has 1 rings (SSSR count). The van der Waals surface area contributed by atoms with Gasteiger partial charge in [0.2, 0.25) is 0 Å².